The standard InChI is InChI=1S/C9H18N2O2/c1-3-10(4-2)11-7-5-6-8(11)9(12)13/h8H,3-7H2,1-2H3,(H,12,13)/t8-/m0/s1. The van der Waals surface area contributed by atoms with Gasteiger partial charge in [-0.05, 0) is 12.8 Å². The number of aliphatic carboxylic acids is 1. The number of hydrogen-bond donors (Lipinski definition) is 1. The van der Waals surface area contributed by atoms with E-state index < -0.39 is 5.97 Å². The molecule has 0 unspecified atom stereocenters. The maximum atomic E-state index is 10.9. The van der Waals surface area contributed by atoms with Crippen LogP contribution < -0.4 is 0 Å². The van der Waals surface area contributed by atoms with E-state index in [-0.39, 0.29) is 6.04 Å². The van der Waals surface area contributed by atoms with Crippen LogP contribution >= 0.6 is 0 Å². The molecule has 1 aliphatic heterocycles. The van der Waals surface area contributed by atoms with Gasteiger partial charge in [0.15, 0.2) is 0 Å². The Labute approximate surface area is 79.1 Å². The number of carbonyl (C=O) groups is 1. The van der Waals surface area contributed by atoms with E-state index in [9.17, 15) is 4.79 Å². The number of carboxylic acid groups (broad SMARTS) is 1. The van der Waals surface area contributed by atoms with Gasteiger partial charge in [-0.1, -0.05) is 13.8 Å². The molecule has 4 nitrogen and oxygen atoms in total. The Morgan fingerprint density at radius 1 is 1.54 bits per heavy atom. The van der Waals surface area contributed by atoms with Gasteiger partial charge in [0.2, 0.25) is 0 Å². The molecule has 0 aromatic rings. The Hall–Kier alpha value is -0.610. The lowest BCUT2D eigenvalue weighted by Crippen LogP contribution is -2.48. The van der Waals surface area contributed by atoms with E-state index in [1.54, 1.807) is 0 Å². The van der Waals surface area contributed by atoms with Crippen LogP contribution in [0.4, 0.5) is 0 Å². The second-order valence-electron chi connectivity index (χ2n) is 3.30. The third kappa shape index (κ3) is 2.19. The van der Waals surface area contributed by atoms with Crippen molar-refractivity contribution in [3.8, 4) is 0 Å². The minimum absolute atomic E-state index is 0.292. The summed E-state index contributed by atoms with van der Waals surface area (Å²) in [4.78, 5) is 10.9. The molecule has 0 saturated carbocycles. The topological polar surface area (TPSA) is 43.8 Å². The summed E-state index contributed by atoms with van der Waals surface area (Å²) >= 11 is 0. The SMILES string of the molecule is CCN(CC)N1CCC[C@H]1C(=O)O. The van der Waals surface area contributed by atoms with Crippen LogP contribution in [0.2, 0.25) is 0 Å². The molecule has 1 atom stereocenters. The monoisotopic (exact) mass is 186 g/mol. The number of nitrogens with zero attached hydrogens (tertiary/aromatic N) is 2. The van der Waals surface area contributed by atoms with Crippen molar-refractivity contribution in [2.24, 2.45) is 0 Å². The first-order valence-electron chi connectivity index (χ1n) is 4.95. The zero-order valence-electron chi connectivity index (χ0n) is 8.36. The van der Waals surface area contributed by atoms with Gasteiger partial charge in [-0.15, -0.1) is 0 Å². The van der Waals surface area contributed by atoms with Gasteiger partial charge in [0.05, 0.1) is 0 Å². The van der Waals surface area contributed by atoms with Crippen LogP contribution in [0, 0.1) is 0 Å². The van der Waals surface area contributed by atoms with Crippen molar-refractivity contribution < 1.29 is 9.90 Å². The van der Waals surface area contributed by atoms with Gasteiger partial charge in [-0.25, -0.2) is 10.0 Å². The highest BCUT2D eigenvalue weighted by Gasteiger charge is 2.33. The fourth-order valence-electron chi connectivity index (χ4n) is 1.93. The molecule has 4 heteroatoms. The first-order valence-corrected chi connectivity index (χ1v) is 4.95. The predicted octanol–water partition coefficient (Wildman–Crippen LogP) is 0.792. The average molecular weight is 186 g/mol. The average Bonchev–Trinajstić information content (AvgIpc) is 2.55. The largest absolute Gasteiger partial charge is 0.480 e. The van der Waals surface area contributed by atoms with Gasteiger partial charge in [0.1, 0.15) is 6.04 Å². The van der Waals surface area contributed by atoms with Gasteiger partial charge in [0, 0.05) is 19.6 Å². The van der Waals surface area contributed by atoms with E-state index in [0.717, 1.165) is 32.5 Å². The first kappa shape index (κ1) is 10.5. The van der Waals surface area contributed by atoms with Crippen LogP contribution in [0.25, 0.3) is 0 Å². The molecule has 0 radical (unpaired) electrons. The minimum atomic E-state index is -0.690. The summed E-state index contributed by atoms with van der Waals surface area (Å²) in [7, 11) is 0. The lowest BCUT2D eigenvalue weighted by Gasteiger charge is -2.32. The molecule has 1 heterocycles. The molecular weight excluding hydrogens is 168 g/mol. The predicted molar refractivity (Wildman–Crippen MR) is 50.3 cm³/mol. The Bertz CT molecular complexity index is 180. The van der Waals surface area contributed by atoms with E-state index >= 15 is 0 Å². The molecule has 76 valence electrons. The first-order chi connectivity index (χ1) is 6.20. The Morgan fingerprint density at radius 2 is 2.15 bits per heavy atom. The van der Waals surface area contributed by atoms with E-state index in [4.69, 9.17) is 5.11 Å². The van der Waals surface area contributed by atoms with Crippen LogP contribution in [0.1, 0.15) is 26.7 Å². The summed E-state index contributed by atoms with van der Waals surface area (Å²) in [5.41, 5.74) is 0. The van der Waals surface area contributed by atoms with E-state index in [1.165, 1.54) is 0 Å². The van der Waals surface area contributed by atoms with Crippen molar-refractivity contribution in [1.82, 2.24) is 10.0 Å². The van der Waals surface area contributed by atoms with Gasteiger partial charge in [-0.3, -0.25) is 4.79 Å². The zero-order chi connectivity index (χ0) is 9.84. The second-order valence-corrected chi connectivity index (χ2v) is 3.30. The maximum Gasteiger partial charge on any atom is 0.322 e. The van der Waals surface area contributed by atoms with Crippen molar-refractivity contribution in [2.45, 2.75) is 32.7 Å². The van der Waals surface area contributed by atoms with Crippen LogP contribution in [0.15, 0.2) is 0 Å². The maximum absolute atomic E-state index is 10.9. The molecular formula is C9H18N2O2. The molecule has 0 aliphatic carbocycles. The lowest BCUT2D eigenvalue weighted by atomic mass is 10.2. The van der Waals surface area contributed by atoms with E-state index in [2.05, 4.69) is 18.9 Å². The summed E-state index contributed by atoms with van der Waals surface area (Å²) in [6.07, 6.45) is 1.78. The van der Waals surface area contributed by atoms with Crippen LogP contribution in [0.5, 0.6) is 0 Å². The Balaban J connectivity index is 2.61. The highest BCUT2D eigenvalue weighted by atomic mass is 16.4. The summed E-state index contributed by atoms with van der Waals surface area (Å²) in [5, 5.41) is 13.0. The normalized spacial score (nSPS) is 24.1. The number of carboxylic acids is 1. The smallest absolute Gasteiger partial charge is 0.322 e. The fourth-order valence-corrected chi connectivity index (χ4v) is 1.93. The summed E-state index contributed by atoms with van der Waals surface area (Å²) in [6.45, 7) is 6.78. The minimum Gasteiger partial charge on any atom is -0.480 e. The molecule has 1 N–H and O–H groups in total. The summed E-state index contributed by atoms with van der Waals surface area (Å²) in [5.74, 6) is -0.690. The number of rotatable bonds is 4. The van der Waals surface area contributed by atoms with Gasteiger partial charge >= 0.3 is 5.97 Å². The summed E-state index contributed by atoms with van der Waals surface area (Å²) < 4.78 is 0. The van der Waals surface area contributed by atoms with Crippen LogP contribution in [-0.2, 0) is 4.79 Å². The van der Waals surface area contributed by atoms with Gasteiger partial charge in [0.25, 0.3) is 0 Å². The zero-order valence-corrected chi connectivity index (χ0v) is 8.36. The molecule has 1 saturated heterocycles. The van der Waals surface area contributed by atoms with E-state index in [0.29, 0.717) is 0 Å². The second kappa shape index (κ2) is 4.58. The van der Waals surface area contributed by atoms with E-state index in [1.807, 2.05) is 5.01 Å². The number of hydrogen-bond acceptors (Lipinski definition) is 3. The molecule has 1 aliphatic rings. The fraction of sp³-hybridized carbons (Fsp3) is 0.889. The Morgan fingerprint density at radius 3 is 2.62 bits per heavy atom. The molecule has 0 aromatic heterocycles. The van der Waals surface area contributed by atoms with Gasteiger partial charge < -0.3 is 5.11 Å². The van der Waals surface area contributed by atoms with Crippen molar-refractivity contribution >= 4 is 5.97 Å². The van der Waals surface area contributed by atoms with Crippen molar-refractivity contribution in [2.75, 3.05) is 19.6 Å². The quantitative estimate of drug-likeness (QED) is 0.705. The van der Waals surface area contributed by atoms with Crippen LogP contribution in [0.3, 0.4) is 0 Å². The molecule has 0 amide bonds. The van der Waals surface area contributed by atoms with Gasteiger partial charge in [-0.2, -0.15) is 0 Å². The van der Waals surface area contributed by atoms with Crippen molar-refractivity contribution in [3.63, 3.8) is 0 Å². The third-order valence-corrected chi connectivity index (χ3v) is 2.60. The molecule has 0 aromatic carbocycles. The highest BCUT2D eigenvalue weighted by Crippen LogP contribution is 2.19. The molecule has 0 spiro atoms. The third-order valence-electron chi connectivity index (χ3n) is 2.60. The summed E-state index contributed by atoms with van der Waals surface area (Å²) in [6, 6.07) is -0.292. The highest BCUT2D eigenvalue weighted by molar-refractivity contribution is 5.73. The Kier molecular flexibility index (Phi) is 3.69. The molecule has 0 bridgehead atoms. The molecule has 1 fully saturated rings. The van der Waals surface area contributed by atoms with Crippen molar-refractivity contribution in [3.05, 3.63) is 0 Å². The van der Waals surface area contributed by atoms with Crippen LogP contribution in [-0.4, -0.2) is 46.8 Å². The molecule has 1 rings (SSSR count). The number of hydrazine groups is 1. The lowest BCUT2D eigenvalue weighted by molar-refractivity contribution is -0.149. The molecule has 13 heavy (non-hydrogen) atoms. The van der Waals surface area contributed by atoms with Crippen molar-refractivity contribution in [1.29, 1.82) is 0 Å².